The number of carboxylic acid groups (broad SMARTS) is 1. The van der Waals surface area contributed by atoms with Gasteiger partial charge in [0.15, 0.2) is 0 Å². The molecule has 2 N–H and O–H groups in total. The molecule has 0 bridgehead atoms. The van der Waals surface area contributed by atoms with Crippen molar-refractivity contribution in [3.05, 3.63) is 18.1 Å². The van der Waals surface area contributed by atoms with Gasteiger partial charge in [-0.25, -0.2) is 9.78 Å². The predicted molar refractivity (Wildman–Crippen MR) is 59.2 cm³/mol. The molecule has 1 unspecified atom stereocenters. The van der Waals surface area contributed by atoms with E-state index in [1.165, 1.54) is 0 Å². The van der Waals surface area contributed by atoms with E-state index in [1.54, 1.807) is 19.3 Å². The first kappa shape index (κ1) is 10.9. The monoisotopic (exact) mass is 221 g/mol. The summed E-state index contributed by atoms with van der Waals surface area (Å²) in [6.45, 7) is 3.52. The van der Waals surface area contributed by atoms with Crippen molar-refractivity contribution < 1.29 is 9.90 Å². The minimum atomic E-state index is -0.930. The third kappa shape index (κ3) is 1.85. The molecule has 0 radical (unpaired) electrons. The van der Waals surface area contributed by atoms with Gasteiger partial charge in [0.1, 0.15) is 11.4 Å². The van der Waals surface area contributed by atoms with Crippen molar-refractivity contribution in [1.82, 2.24) is 9.97 Å². The number of anilines is 1. The van der Waals surface area contributed by atoms with E-state index in [0.29, 0.717) is 5.82 Å². The third-order valence-corrected chi connectivity index (χ3v) is 3.10. The number of nitrogens with zero attached hydrogens (tertiary/aromatic N) is 2. The van der Waals surface area contributed by atoms with Crippen LogP contribution in [0, 0.1) is 12.8 Å². The van der Waals surface area contributed by atoms with Gasteiger partial charge >= 0.3 is 5.97 Å². The summed E-state index contributed by atoms with van der Waals surface area (Å²) in [5.74, 6) is -0.0919. The summed E-state index contributed by atoms with van der Waals surface area (Å²) in [6.07, 6.45) is 5.06. The van der Waals surface area contributed by atoms with Crippen molar-refractivity contribution >= 4 is 11.8 Å². The molecule has 5 nitrogen and oxygen atoms in total. The Morgan fingerprint density at radius 1 is 1.50 bits per heavy atom. The maximum Gasteiger partial charge on any atom is 0.329 e. The first-order valence-corrected chi connectivity index (χ1v) is 5.33. The number of carboxylic acids is 1. The maximum atomic E-state index is 11.3. The number of aromatic nitrogens is 2. The summed E-state index contributed by atoms with van der Waals surface area (Å²) < 4.78 is 0. The minimum absolute atomic E-state index is 0.186. The number of aliphatic carboxylic acids is 1. The van der Waals surface area contributed by atoms with Crippen LogP contribution in [0.1, 0.15) is 25.5 Å². The van der Waals surface area contributed by atoms with Crippen molar-refractivity contribution in [3.8, 4) is 0 Å². The zero-order valence-electron chi connectivity index (χ0n) is 9.40. The average molecular weight is 221 g/mol. The Labute approximate surface area is 93.9 Å². The van der Waals surface area contributed by atoms with Gasteiger partial charge in [0, 0.05) is 12.4 Å². The predicted octanol–water partition coefficient (Wildman–Crippen LogP) is 1.45. The van der Waals surface area contributed by atoms with Gasteiger partial charge in [0.05, 0.1) is 5.69 Å². The Balaban J connectivity index is 2.24. The Morgan fingerprint density at radius 3 is 2.62 bits per heavy atom. The summed E-state index contributed by atoms with van der Waals surface area (Å²) in [5.41, 5.74) is -0.212. The molecule has 2 rings (SSSR count). The summed E-state index contributed by atoms with van der Waals surface area (Å²) >= 11 is 0. The smallest absolute Gasteiger partial charge is 0.329 e. The average Bonchev–Trinajstić information content (AvgIpc) is 3.04. The number of hydrogen-bond acceptors (Lipinski definition) is 4. The van der Waals surface area contributed by atoms with Crippen molar-refractivity contribution in [3.63, 3.8) is 0 Å². The fourth-order valence-corrected chi connectivity index (χ4v) is 1.77. The molecule has 0 amide bonds. The molecule has 0 spiro atoms. The molecular formula is C11H15N3O2. The summed E-state index contributed by atoms with van der Waals surface area (Å²) in [5, 5.41) is 12.3. The zero-order chi connectivity index (χ0) is 11.8. The van der Waals surface area contributed by atoms with Crippen LogP contribution < -0.4 is 5.32 Å². The van der Waals surface area contributed by atoms with E-state index < -0.39 is 11.5 Å². The molecule has 1 aliphatic rings. The molecule has 86 valence electrons. The Hall–Kier alpha value is -1.65. The normalized spacial score (nSPS) is 18.9. The molecule has 1 aromatic rings. The minimum Gasteiger partial charge on any atom is -0.480 e. The van der Waals surface area contributed by atoms with Gasteiger partial charge in [-0.15, -0.1) is 0 Å². The molecule has 1 aliphatic carbocycles. The number of carbonyl (C=O) groups is 1. The zero-order valence-corrected chi connectivity index (χ0v) is 9.40. The van der Waals surface area contributed by atoms with Gasteiger partial charge in [0.2, 0.25) is 0 Å². The number of aryl methyl sites for hydroxylation is 1. The van der Waals surface area contributed by atoms with Gasteiger partial charge in [-0.2, -0.15) is 0 Å². The third-order valence-electron chi connectivity index (χ3n) is 3.10. The number of rotatable bonds is 4. The van der Waals surface area contributed by atoms with E-state index in [9.17, 15) is 9.90 Å². The lowest BCUT2D eigenvalue weighted by atomic mass is 9.96. The summed E-state index contributed by atoms with van der Waals surface area (Å²) in [4.78, 5) is 19.5. The van der Waals surface area contributed by atoms with Crippen LogP contribution in [-0.4, -0.2) is 26.6 Å². The van der Waals surface area contributed by atoms with E-state index >= 15 is 0 Å². The van der Waals surface area contributed by atoms with Gasteiger partial charge in [0.25, 0.3) is 0 Å². The quantitative estimate of drug-likeness (QED) is 0.804. The van der Waals surface area contributed by atoms with Gasteiger partial charge in [-0.1, -0.05) is 0 Å². The van der Waals surface area contributed by atoms with Crippen molar-refractivity contribution in [1.29, 1.82) is 0 Å². The number of hydrogen-bond donors (Lipinski definition) is 2. The van der Waals surface area contributed by atoms with Crippen LogP contribution in [0.4, 0.5) is 5.82 Å². The second-order valence-electron chi connectivity index (χ2n) is 4.40. The maximum absolute atomic E-state index is 11.3. The molecule has 1 aromatic heterocycles. The molecule has 0 aromatic carbocycles. The second-order valence-corrected chi connectivity index (χ2v) is 4.40. The fourth-order valence-electron chi connectivity index (χ4n) is 1.77. The lowest BCUT2D eigenvalue weighted by molar-refractivity contribution is -0.142. The molecule has 0 saturated heterocycles. The fraction of sp³-hybridized carbons (Fsp3) is 0.545. The molecule has 5 heteroatoms. The molecule has 1 fully saturated rings. The van der Waals surface area contributed by atoms with E-state index in [1.807, 2.05) is 6.92 Å². The lowest BCUT2D eigenvalue weighted by Crippen LogP contribution is -2.46. The highest BCUT2D eigenvalue weighted by atomic mass is 16.4. The van der Waals surface area contributed by atoms with Crippen LogP contribution in [0.15, 0.2) is 12.4 Å². The highest BCUT2D eigenvalue weighted by molar-refractivity contribution is 5.83. The molecule has 0 aliphatic heterocycles. The topological polar surface area (TPSA) is 75.1 Å². The van der Waals surface area contributed by atoms with E-state index in [4.69, 9.17) is 0 Å². The van der Waals surface area contributed by atoms with Crippen LogP contribution in [0.5, 0.6) is 0 Å². The van der Waals surface area contributed by atoms with Gasteiger partial charge in [-0.05, 0) is 32.6 Å². The Morgan fingerprint density at radius 2 is 2.12 bits per heavy atom. The van der Waals surface area contributed by atoms with Gasteiger partial charge < -0.3 is 10.4 Å². The lowest BCUT2D eigenvalue weighted by Gasteiger charge is -2.27. The van der Waals surface area contributed by atoms with Crippen LogP contribution >= 0.6 is 0 Å². The molecule has 1 heterocycles. The molecule has 16 heavy (non-hydrogen) atoms. The Bertz CT molecular complexity index is 417. The van der Waals surface area contributed by atoms with E-state index in [0.717, 1.165) is 18.5 Å². The first-order valence-electron chi connectivity index (χ1n) is 5.33. The molecular weight excluding hydrogens is 206 g/mol. The second kappa shape index (κ2) is 3.73. The van der Waals surface area contributed by atoms with Crippen molar-refractivity contribution in [2.45, 2.75) is 32.2 Å². The van der Waals surface area contributed by atoms with E-state index in [2.05, 4.69) is 15.3 Å². The van der Waals surface area contributed by atoms with Crippen molar-refractivity contribution in [2.75, 3.05) is 5.32 Å². The van der Waals surface area contributed by atoms with Crippen LogP contribution in [0.2, 0.25) is 0 Å². The van der Waals surface area contributed by atoms with E-state index in [-0.39, 0.29) is 5.92 Å². The van der Waals surface area contributed by atoms with Crippen LogP contribution in [-0.2, 0) is 4.79 Å². The Kier molecular flexibility index (Phi) is 2.53. The summed E-state index contributed by atoms with van der Waals surface area (Å²) in [6, 6.07) is 0. The highest BCUT2D eigenvalue weighted by Crippen LogP contribution is 2.41. The molecule has 1 saturated carbocycles. The SMILES string of the molecule is Cc1nccnc1NC(C)(C(=O)O)C1CC1. The van der Waals surface area contributed by atoms with Crippen molar-refractivity contribution in [2.24, 2.45) is 5.92 Å². The van der Waals surface area contributed by atoms with Crippen LogP contribution in [0.25, 0.3) is 0 Å². The summed E-state index contributed by atoms with van der Waals surface area (Å²) in [7, 11) is 0. The highest BCUT2D eigenvalue weighted by Gasteiger charge is 2.48. The largest absolute Gasteiger partial charge is 0.480 e. The molecule has 1 atom stereocenters. The van der Waals surface area contributed by atoms with Crippen LogP contribution in [0.3, 0.4) is 0 Å². The number of nitrogens with one attached hydrogen (secondary N) is 1. The van der Waals surface area contributed by atoms with Gasteiger partial charge in [-0.3, -0.25) is 4.98 Å². The standard InChI is InChI=1S/C11H15N3O2/c1-7-9(13-6-5-12-7)14-11(2,10(15)16)8-3-4-8/h5-6,8H,3-4H2,1-2H3,(H,13,14)(H,15,16). The first-order chi connectivity index (χ1) is 7.54.